The van der Waals surface area contributed by atoms with Crippen LogP contribution >= 0.6 is 0 Å². The van der Waals surface area contributed by atoms with Crippen LogP contribution in [0.4, 0.5) is 4.79 Å². The maximum atomic E-state index is 8.56. The zero-order valence-corrected chi connectivity index (χ0v) is 10.1. The molecule has 0 amide bonds. The fraction of sp³-hybridized carbons (Fsp3) is 0. The Morgan fingerprint density at radius 1 is 1.09 bits per heavy atom. The van der Waals surface area contributed by atoms with E-state index in [1.54, 1.807) is 0 Å². The van der Waals surface area contributed by atoms with Gasteiger partial charge < -0.3 is 35.1 Å². The minimum Gasteiger partial charge on any atom is -1.00 e. The summed E-state index contributed by atoms with van der Waals surface area (Å²) in [4.78, 5) is 37.9. The Hall–Kier alpha value is 1.35. The normalized spacial score (nSPS) is 7.64. The number of rotatable bonds is 0. The van der Waals surface area contributed by atoms with Crippen molar-refractivity contribution in [1.82, 2.24) is 0 Å². The van der Waals surface area contributed by atoms with Gasteiger partial charge in [0.15, 0.2) is 0 Å². The predicted octanol–water partition coefficient (Wildman–Crippen LogP) is -2.70. The molecule has 0 aliphatic rings. The summed E-state index contributed by atoms with van der Waals surface area (Å²) < 4.78 is 0. The summed E-state index contributed by atoms with van der Waals surface area (Å²) in [6.07, 6.45) is -1.83. The second kappa shape index (κ2) is 11.4. The van der Waals surface area contributed by atoms with E-state index in [0.717, 1.165) is 0 Å². The summed E-state index contributed by atoms with van der Waals surface area (Å²) in [5.74, 6) is 0. The smallest absolute Gasteiger partial charge is 1.00 e. The number of carbonyl (C=O) groups is 1. The van der Waals surface area contributed by atoms with Crippen LogP contribution in [0.15, 0.2) is 0 Å². The monoisotopic (exact) mass is 226 g/mol. The molecule has 7 nitrogen and oxygen atoms in total. The first-order valence-corrected chi connectivity index (χ1v) is 3.33. The SMILES string of the molecule is O=C(O)O.O[Si](O)(O)O.[Ca+2].[H-].[H-].[H-].[H-].[Mg+2]. The van der Waals surface area contributed by atoms with Gasteiger partial charge in [0.2, 0.25) is 0 Å². The molecule has 0 aliphatic heterocycles. The Kier molecular flexibility index (Phi) is 23.6. The van der Waals surface area contributed by atoms with Crippen molar-refractivity contribution in [2.75, 3.05) is 0 Å². The first-order valence-electron chi connectivity index (χ1n) is 1.55. The molecule has 64 valence electrons. The van der Waals surface area contributed by atoms with Crippen molar-refractivity contribution >= 4 is 76.0 Å². The minimum atomic E-state index is -4.61. The number of hydrogen-bond donors (Lipinski definition) is 6. The molecule has 0 spiro atoms. The Morgan fingerprint density at radius 3 is 1.09 bits per heavy atom. The van der Waals surface area contributed by atoms with Crippen molar-refractivity contribution in [3.05, 3.63) is 0 Å². The molecule has 0 aromatic rings. The summed E-state index contributed by atoms with van der Waals surface area (Å²) in [5, 5.41) is 13.9. The van der Waals surface area contributed by atoms with Crippen molar-refractivity contribution in [3.8, 4) is 0 Å². The molecule has 0 aromatic carbocycles. The van der Waals surface area contributed by atoms with Crippen molar-refractivity contribution in [3.63, 3.8) is 0 Å². The maximum Gasteiger partial charge on any atom is 2.00 e. The van der Waals surface area contributed by atoms with Gasteiger partial charge in [-0.1, -0.05) is 0 Å². The van der Waals surface area contributed by atoms with Gasteiger partial charge in [0.1, 0.15) is 0 Å². The molecule has 0 bridgehead atoms. The van der Waals surface area contributed by atoms with E-state index in [1.165, 1.54) is 0 Å². The second-order valence-electron chi connectivity index (χ2n) is 0.883. The van der Waals surface area contributed by atoms with Crippen LogP contribution < -0.4 is 0 Å². The molecule has 11 heavy (non-hydrogen) atoms. The Labute approximate surface area is 115 Å². The van der Waals surface area contributed by atoms with E-state index < -0.39 is 15.2 Å². The van der Waals surface area contributed by atoms with Gasteiger partial charge in [-0.3, -0.25) is 0 Å². The van der Waals surface area contributed by atoms with Crippen molar-refractivity contribution < 1.29 is 39.9 Å². The van der Waals surface area contributed by atoms with Crippen LogP contribution in [0.3, 0.4) is 0 Å². The van der Waals surface area contributed by atoms with Crippen LogP contribution in [-0.4, -0.2) is 105 Å². The van der Waals surface area contributed by atoms with Crippen LogP contribution in [0.25, 0.3) is 0 Å². The van der Waals surface area contributed by atoms with Gasteiger partial charge in [0, 0.05) is 0 Å². The molecule has 0 atom stereocenters. The third-order valence-corrected chi connectivity index (χ3v) is 0. The van der Waals surface area contributed by atoms with E-state index >= 15 is 0 Å². The quantitative estimate of drug-likeness (QED) is 0.247. The summed E-state index contributed by atoms with van der Waals surface area (Å²) in [5.41, 5.74) is 0. The molecular weight excluding hydrogens is 216 g/mol. The fourth-order valence-electron chi connectivity index (χ4n) is 0. The summed E-state index contributed by atoms with van der Waals surface area (Å²) >= 11 is 0. The van der Waals surface area contributed by atoms with Crippen LogP contribution in [0, 0.1) is 0 Å². The average molecular weight is 227 g/mol. The maximum absolute atomic E-state index is 8.56. The van der Waals surface area contributed by atoms with Gasteiger partial charge in [-0.2, -0.15) is 0 Å². The first kappa shape index (κ1) is 22.8. The topological polar surface area (TPSA) is 138 Å². The molecule has 0 fully saturated rings. The van der Waals surface area contributed by atoms with Crippen LogP contribution in [0.5, 0.6) is 0 Å². The number of carboxylic acid groups (broad SMARTS) is 2. The van der Waals surface area contributed by atoms with Gasteiger partial charge >= 0.3 is 76.0 Å². The largest absolute Gasteiger partial charge is 2.00 e. The standard InChI is InChI=1S/CH2O3.Ca.Mg.H4O4Si.4H/c2-1(3)4;;;1-5(2,3)4;;;;/h(H2,2,3,4);;;1-4H;;;;/q;2*+2;;4*-1. The fourth-order valence-corrected chi connectivity index (χ4v) is 0. The van der Waals surface area contributed by atoms with Crippen LogP contribution in [-0.2, 0) is 0 Å². The molecule has 0 aliphatic carbocycles. The van der Waals surface area contributed by atoms with Gasteiger partial charge in [-0.25, -0.2) is 4.79 Å². The van der Waals surface area contributed by atoms with Gasteiger partial charge in [-0.05, 0) is 0 Å². The Balaban J connectivity index is -0.00000000785. The molecule has 0 unspecified atom stereocenters. The van der Waals surface area contributed by atoms with E-state index in [4.69, 9.17) is 34.2 Å². The summed E-state index contributed by atoms with van der Waals surface area (Å²) in [6, 6.07) is 0. The molecule has 0 saturated carbocycles. The summed E-state index contributed by atoms with van der Waals surface area (Å²) in [7, 11) is -4.61. The first-order chi connectivity index (χ1) is 3.73. The molecule has 0 aromatic heterocycles. The average Bonchev–Trinajstić information content (AvgIpc) is 1.19. The second-order valence-corrected chi connectivity index (χ2v) is 2.08. The third kappa shape index (κ3) is 543. The Morgan fingerprint density at radius 2 is 1.09 bits per heavy atom. The molecule has 6 N–H and O–H groups in total. The molecule has 0 saturated heterocycles. The molecule has 0 heterocycles. The van der Waals surface area contributed by atoms with Crippen molar-refractivity contribution in [1.29, 1.82) is 0 Å². The summed E-state index contributed by atoms with van der Waals surface area (Å²) in [6.45, 7) is 0. The van der Waals surface area contributed by atoms with E-state index in [9.17, 15) is 0 Å². The zero-order valence-electron chi connectivity index (χ0n) is 9.51. The van der Waals surface area contributed by atoms with Gasteiger partial charge in [0.05, 0.1) is 0 Å². The molecule has 10 heteroatoms. The molecular formula is CH10CaMgO7Si. The molecule has 0 rings (SSSR count). The van der Waals surface area contributed by atoms with Crippen LogP contribution in [0.1, 0.15) is 5.71 Å². The van der Waals surface area contributed by atoms with E-state index in [1.807, 2.05) is 0 Å². The van der Waals surface area contributed by atoms with Gasteiger partial charge in [-0.15, -0.1) is 0 Å². The minimum absolute atomic E-state index is 0. The Bertz CT molecular complexity index is 93.5. The van der Waals surface area contributed by atoms with Gasteiger partial charge in [0.25, 0.3) is 0 Å². The van der Waals surface area contributed by atoms with E-state index in [2.05, 4.69) is 0 Å². The van der Waals surface area contributed by atoms with E-state index in [-0.39, 0.29) is 66.5 Å². The predicted molar refractivity (Wildman–Crippen MR) is 41.2 cm³/mol. The van der Waals surface area contributed by atoms with Crippen molar-refractivity contribution in [2.45, 2.75) is 0 Å². The zero-order chi connectivity index (χ0) is 8.08. The number of hydrogen-bond acceptors (Lipinski definition) is 5. The third-order valence-electron chi connectivity index (χ3n) is 0. The van der Waals surface area contributed by atoms with E-state index in [0.29, 0.717) is 0 Å². The van der Waals surface area contributed by atoms with Crippen LogP contribution in [0.2, 0.25) is 0 Å². The molecule has 0 radical (unpaired) electrons. The van der Waals surface area contributed by atoms with Crippen molar-refractivity contribution in [2.24, 2.45) is 0 Å².